The Balaban J connectivity index is 2.73. The highest BCUT2D eigenvalue weighted by Crippen LogP contribution is 2.42. The van der Waals surface area contributed by atoms with Crippen LogP contribution in [0.2, 0.25) is 0 Å². The molecule has 0 amide bonds. The Hall–Kier alpha value is -2.89. The lowest BCUT2D eigenvalue weighted by atomic mass is 9.99. The van der Waals surface area contributed by atoms with Crippen molar-refractivity contribution in [2.24, 2.45) is 0 Å². The van der Waals surface area contributed by atoms with Gasteiger partial charge in [-0.05, 0) is 24.3 Å². The molecule has 0 saturated carbocycles. The zero-order chi connectivity index (χ0) is 15.6. The SMILES string of the molecule is COc1cc(N)ccc1-c1cc(C(=O)O)cc(OC)c1O. The van der Waals surface area contributed by atoms with Crippen LogP contribution in [0.1, 0.15) is 10.4 Å². The molecule has 0 aliphatic heterocycles. The summed E-state index contributed by atoms with van der Waals surface area (Å²) in [6.45, 7) is 0. The molecule has 0 aliphatic rings. The Morgan fingerprint density at radius 3 is 2.29 bits per heavy atom. The van der Waals surface area contributed by atoms with Crippen LogP contribution in [0, 0.1) is 0 Å². The predicted octanol–water partition coefficient (Wildman–Crippen LogP) is 2.36. The average molecular weight is 289 g/mol. The van der Waals surface area contributed by atoms with E-state index in [4.69, 9.17) is 20.3 Å². The first-order chi connectivity index (χ1) is 9.97. The highest BCUT2D eigenvalue weighted by atomic mass is 16.5. The van der Waals surface area contributed by atoms with Gasteiger partial charge in [0.2, 0.25) is 0 Å². The van der Waals surface area contributed by atoms with E-state index in [2.05, 4.69) is 0 Å². The Kier molecular flexibility index (Phi) is 3.89. The van der Waals surface area contributed by atoms with Gasteiger partial charge in [0.15, 0.2) is 11.5 Å². The number of carbonyl (C=O) groups is 1. The molecule has 0 spiro atoms. The van der Waals surface area contributed by atoms with Crippen LogP contribution in [-0.4, -0.2) is 30.4 Å². The van der Waals surface area contributed by atoms with Crippen LogP contribution in [0.3, 0.4) is 0 Å². The number of phenolic OH excluding ortho intramolecular Hbond substituents is 1. The average Bonchev–Trinajstić information content (AvgIpc) is 2.47. The third-order valence-corrected chi connectivity index (χ3v) is 3.06. The first-order valence-electron chi connectivity index (χ1n) is 6.06. The zero-order valence-corrected chi connectivity index (χ0v) is 11.6. The number of anilines is 1. The summed E-state index contributed by atoms with van der Waals surface area (Å²) in [6.07, 6.45) is 0. The number of methoxy groups -OCH3 is 2. The van der Waals surface area contributed by atoms with E-state index in [1.807, 2.05) is 0 Å². The van der Waals surface area contributed by atoms with Gasteiger partial charge in [0.1, 0.15) is 5.75 Å². The maximum atomic E-state index is 11.2. The molecular weight excluding hydrogens is 274 g/mol. The van der Waals surface area contributed by atoms with Gasteiger partial charge in [-0.25, -0.2) is 4.79 Å². The molecule has 0 saturated heterocycles. The lowest BCUT2D eigenvalue weighted by Crippen LogP contribution is -1.99. The van der Waals surface area contributed by atoms with Crippen LogP contribution >= 0.6 is 0 Å². The summed E-state index contributed by atoms with van der Waals surface area (Å²) in [5, 5.41) is 19.4. The van der Waals surface area contributed by atoms with E-state index in [9.17, 15) is 9.90 Å². The van der Waals surface area contributed by atoms with Crippen molar-refractivity contribution in [1.29, 1.82) is 0 Å². The molecule has 2 aromatic rings. The van der Waals surface area contributed by atoms with Crippen molar-refractivity contribution >= 4 is 11.7 Å². The van der Waals surface area contributed by atoms with Crippen molar-refractivity contribution in [2.75, 3.05) is 20.0 Å². The molecule has 0 aliphatic carbocycles. The van der Waals surface area contributed by atoms with E-state index < -0.39 is 5.97 Å². The molecule has 0 unspecified atom stereocenters. The summed E-state index contributed by atoms with van der Waals surface area (Å²) in [4.78, 5) is 11.2. The maximum Gasteiger partial charge on any atom is 0.335 e. The van der Waals surface area contributed by atoms with Crippen LogP contribution in [-0.2, 0) is 0 Å². The molecule has 0 heterocycles. The Bertz CT molecular complexity index is 697. The van der Waals surface area contributed by atoms with Gasteiger partial charge in [0.25, 0.3) is 0 Å². The Morgan fingerprint density at radius 2 is 1.71 bits per heavy atom. The highest BCUT2D eigenvalue weighted by Gasteiger charge is 2.18. The number of aromatic carboxylic acids is 1. The minimum Gasteiger partial charge on any atom is -0.504 e. The number of ether oxygens (including phenoxy) is 2. The van der Waals surface area contributed by atoms with Crippen molar-refractivity contribution in [3.63, 3.8) is 0 Å². The zero-order valence-electron chi connectivity index (χ0n) is 11.6. The number of hydrogen-bond donors (Lipinski definition) is 3. The number of nitrogens with two attached hydrogens (primary N) is 1. The summed E-state index contributed by atoms with van der Waals surface area (Å²) in [7, 11) is 2.82. The van der Waals surface area contributed by atoms with Crippen LogP contribution in [0.5, 0.6) is 17.2 Å². The standard InChI is InChI=1S/C15H15NO5/c1-20-12-7-9(16)3-4-10(12)11-5-8(15(18)19)6-13(21-2)14(11)17/h3-7,17H,16H2,1-2H3,(H,18,19). The molecule has 0 fully saturated rings. The van der Waals surface area contributed by atoms with Gasteiger partial charge < -0.3 is 25.4 Å². The van der Waals surface area contributed by atoms with Crippen molar-refractivity contribution < 1.29 is 24.5 Å². The molecule has 4 N–H and O–H groups in total. The van der Waals surface area contributed by atoms with Crippen LogP contribution < -0.4 is 15.2 Å². The van der Waals surface area contributed by atoms with Crippen molar-refractivity contribution in [3.8, 4) is 28.4 Å². The van der Waals surface area contributed by atoms with Gasteiger partial charge in [-0.2, -0.15) is 0 Å². The number of rotatable bonds is 4. The number of aromatic hydroxyl groups is 1. The summed E-state index contributed by atoms with van der Waals surface area (Å²) in [6, 6.07) is 7.49. The summed E-state index contributed by atoms with van der Waals surface area (Å²) in [5.74, 6) is -0.784. The minimum absolute atomic E-state index is 0.00136. The highest BCUT2D eigenvalue weighted by molar-refractivity contribution is 5.92. The number of phenols is 1. The van der Waals surface area contributed by atoms with Gasteiger partial charge in [-0.1, -0.05) is 0 Å². The maximum absolute atomic E-state index is 11.2. The second-order valence-corrected chi connectivity index (χ2v) is 4.34. The molecule has 0 atom stereocenters. The fraction of sp³-hybridized carbons (Fsp3) is 0.133. The molecule has 21 heavy (non-hydrogen) atoms. The summed E-state index contributed by atoms with van der Waals surface area (Å²) >= 11 is 0. The largest absolute Gasteiger partial charge is 0.504 e. The number of carboxylic acid groups (broad SMARTS) is 1. The fourth-order valence-electron chi connectivity index (χ4n) is 2.02. The molecule has 0 bridgehead atoms. The summed E-state index contributed by atoms with van der Waals surface area (Å²) < 4.78 is 10.2. The minimum atomic E-state index is -1.12. The molecular formula is C15H15NO5. The molecule has 0 radical (unpaired) electrons. The van der Waals surface area contributed by atoms with E-state index in [0.717, 1.165) is 0 Å². The molecule has 2 aromatic carbocycles. The van der Waals surface area contributed by atoms with Crippen LogP contribution in [0.15, 0.2) is 30.3 Å². The first kappa shape index (κ1) is 14.5. The summed E-state index contributed by atoms with van der Waals surface area (Å²) in [5.41, 5.74) is 7.00. The molecule has 110 valence electrons. The van der Waals surface area contributed by atoms with Crippen molar-refractivity contribution in [3.05, 3.63) is 35.9 Å². The number of nitrogen functional groups attached to an aromatic ring is 1. The van der Waals surface area contributed by atoms with Crippen LogP contribution in [0.4, 0.5) is 5.69 Å². The van der Waals surface area contributed by atoms with Gasteiger partial charge in [0, 0.05) is 22.9 Å². The van der Waals surface area contributed by atoms with Crippen LogP contribution in [0.25, 0.3) is 11.1 Å². The number of hydrogen-bond acceptors (Lipinski definition) is 5. The number of benzene rings is 2. The topological polar surface area (TPSA) is 102 Å². The van der Waals surface area contributed by atoms with Crippen molar-refractivity contribution in [1.82, 2.24) is 0 Å². The molecule has 6 heteroatoms. The third-order valence-electron chi connectivity index (χ3n) is 3.06. The smallest absolute Gasteiger partial charge is 0.335 e. The Labute approximate surface area is 121 Å². The second-order valence-electron chi connectivity index (χ2n) is 4.34. The van der Waals surface area contributed by atoms with Gasteiger partial charge in [-0.3, -0.25) is 0 Å². The van der Waals surface area contributed by atoms with E-state index >= 15 is 0 Å². The normalized spacial score (nSPS) is 10.2. The van der Waals surface area contributed by atoms with E-state index in [1.54, 1.807) is 18.2 Å². The van der Waals surface area contributed by atoms with E-state index in [0.29, 0.717) is 22.6 Å². The van der Waals surface area contributed by atoms with Gasteiger partial charge in [0.05, 0.1) is 19.8 Å². The third kappa shape index (κ3) is 2.69. The Morgan fingerprint density at radius 1 is 1.05 bits per heavy atom. The predicted molar refractivity (Wildman–Crippen MR) is 78.0 cm³/mol. The second kappa shape index (κ2) is 5.62. The quantitative estimate of drug-likeness (QED) is 0.747. The fourth-order valence-corrected chi connectivity index (χ4v) is 2.02. The van der Waals surface area contributed by atoms with E-state index in [1.165, 1.54) is 26.4 Å². The lowest BCUT2D eigenvalue weighted by Gasteiger charge is -2.14. The molecule has 2 rings (SSSR count). The molecule has 6 nitrogen and oxygen atoms in total. The number of carboxylic acids is 1. The van der Waals surface area contributed by atoms with E-state index in [-0.39, 0.29) is 17.1 Å². The monoisotopic (exact) mass is 289 g/mol. The van der Waals surface area contributed by atoms with Gasteiger partial charge in [-0.15, -0.1) is 0 Å². The van der Waals surface area contributed by atoms with Crippen molar-refractivity contribution in [2.45, 2.75) is 0 Å². The van der Waals surface area contributed by atoms with Gasteiger partial charge >= 0.3 is 5.97 Å². The lowest BCUT2D eigenvalue weighted by molar-refractivity contribution is 0.0696. The first-order valence-corrected chi connectivity index (χ1v) is 6.06. The molecule has 0 aromatic heterocycles.